The highest BCUT2D eigenvalue weighted by atomic mass is 16.5. The number of hydrogen-bond donors (Lipinski definition) is 1. The maximum absolute atomic E-state index is 12.0. The van der Waals surface area contributed by atoms with Crippen LogP contribution in [0.2, 0.25) is 0 Å². The van der Waals surface area contributed by atoms with Gasteiger partial charge in [0.05, 0.1) is 18.8 Å². The number of rotatable bonds is 4. The zero-order chi connectivity index (χ0) is 14.7. The third-order valence-corrected chi connectivity index (χ3v) is 3.19. The summed E-state index contributed by atoms with van der Waals surface area (Å²) in [6.07, 6.45) is 0. The number of carbonyl (C=O) groups excluding carboxylic acids is 2. The lowest BCUT2D eigenvalue weighted by Crippen LogP contribution is -2.44. The van der Waals surface area contributed by atoms with Crippen molar-refractivity contribution in [2.24, 2.45) is 0 Å². The number of likely N-dealkylation sites (N-methyl/N-ethyl adjacent to an activating group) is 1. The molecule has 2 rings (SSSR count). The van der Waals surface area contributed by atoms with Crippen molar-refractivity contribution >= 4 is 17.6 Å². The molecule has 0 saturated carbocycles. The van der Waals surface area contributed by atoms with Gasteiger partial charge in [0.2, 0.25) is 5.91 Å². The molecule has 0 aromatic heterocycles. The van der Waals surface area contributed by atoms with Gasteiger partial charge in [0.1, 0.15) is 6.54 Å². The van der Waals surface area contributed by atoms with Gasteiger partial charge in [-0.15, -0.1) is 0 Å². The van der Waals surface area contributed by atoms with Gasteiger partial charge in [-0.25, -0.2) is 4.79 Å². The van der Waals surface area contributed by atoms with Crippen LogP contribution in [0.25, 0.3) is 0 Å². The Morgan fingerprint density at radius 1 is 1.50 bits per heavy atom. The SMILES string of the molecule is Cc1ccc2c(c1)N(CC(=O)N(C)CCO)CC(=O)O2. The maximum Gasteiger partial charge on any atom is 0.331 e. The molecule has 0 saturated heterocycles. The number of aliphatic hydroxyl groups is 1. The van der Waals surface area contributed by atoms with Gasteiger partial charge < -0.3 is 19.6 Å². The van der Waals surface area contributed by atoms with Crippen LogP contribution in [-0.4, -0.2) is 55.2 Å². The number of amides is 1. The summed E-state index contributed by atoms with van der Waals surface area (Å²) in [5.74, 6) is -0.0513. The minimum absolute atomic E-state index is 0.0508. The fraction of sp³-hybridized carbons (Fsp3) is 0.429. The molecular weight excluding hydrogens is 260 g/mol. The topological polar surface area (TPSA) is 70.1 Å². The Morgan fingerprint density at radius 2 is 2.25 bits per heavy atom. The Bertz CT molecular complexity index is 530. The van der Waals surface area contributed by atoms with Crippen molar-refractivity contribution in [1.29, 1.82) is 0 Å². The predicted molar refractivity (Wildman–Crippen MR) is 73.7 cm³/mol. The molecule has 0 bridgehead atoms. The van der Waals surface area contributed by atoms with Gasteiger partial charge in [-0.2, -0.15) is 0 Å². The van der Waals surface area contributed by atoms with E-state index >= 15 is 0 Å². The smallest absolute Gasteiger partial charge is 0.331 e. The Morgan fingerprint density at radius 3 is 2.95 bits per heavy atom. The molecule has 1 aliphatic heterocycles. The van der Waals surface area contributed by atoms with Crippen molar-refractivity contribution < 1.29 is 19.4 Å². The summed E-state index contributed by atoms with van der Waals surface area (Å²) < 4.78 is 5.16. The molecule has 1 N–H and O–H groups in total. The van der Waals surface area contributed by atoms with E-state index in [1.807, 2.05) is 19.1 Å². The zero-order valence-corrected chi connectivity index (χ0v) is 11.6. The fourth-order valence-corrected chi connectivity index (χ4v) is 2.06. The molecule has 20 heavy (non-hydrogen) atoms. The van der Waals surface area contributed by atoms with Gasteiger partial charge in [-0.1, -0.05) is 6.07 Å². The van der Waals surface area contributed by atoms with Crippen molar-refractivity contribution in [1.82, 2.24) is 4.90 Å². The molecule has 0 unspecified atom stereocenters. The predicted octanol–water partition coefficient (Wildman–Crippen LogP) is 0.171. The van der Waals surface area contributed by atoms with Crippen LogP contribution in [0.3, 0.4) is 0 Å². The van der Waals surface area contributed by atoms with Gasteiger partial charge in [0.15, 0.2) is 5.75 Å². The summed E-state index contributed by atoms with van der Waals surface area (Å²) in [6.45, 7) is 2.27. The van der Waals surface area contributed by atoms with Crippen molar-refractivity contribution in [2.75, 3.05) is 38.2 Å². The van der Waals surface area contributed by atoms with E-state index in [2.05, 4.69) is 0 Å². The third-order valence-electron chi connectivity index (χ3n) is 3.19. The van der Waals surface area contributed by atoms with E-state index in [0.29, 0.717) is 5.75 Å². The van der Waals surface area contributed by atoms with Crippen LogP contribution in [0.15, 0.2) is 18.2 Å². The van der Waals surface area contributed by atoms with E-state index in [0.717, 1.165) is 11.3 Å². The lowest BCUT2D eigenvalue weighted by molar-refractivity contribution is -0.133. The number of aryl methyl sites for hydroxylation is 1. The molecule has 108 valence electrons. The Hall–Kier alpha value is -2.08. The second-order valence-electron chi connectivity index (χ2n) is 4.84. The number of fused-ring (bicyclic) bond motifs is 1. The van der Waals surface area contributed by atoms with E-state index in [9.17, 15) is 9.59 Å². The number of benzene rings is 1. The maximum atomic E-state index is 12.0. The van der Waals surface area contributed by atoms with Crippen LogP contribution in [-0.2, 0) is 9.59 Å². The minimum Gasteiger partial charge on any atom is -0.423 e. The highest BCUT2D eigenvalue weighted by molar-refractivity contribution is 5.89. The van der Waals surface area contributed by atoms with Gasteiger partial charge >= 0.3 is 5.97 Å². The number of carbonyl (C=O) groups is 2. The molecule has 1 aromatic rings. The number of ether oxygens (including phenoxy) is 1. The van der Waals surface area contributed by atoms with Gasteiger partial charge in [0, 0.05) is 13.6 Å². The number of anilines is 1. The van der Waals surface area contributed by atoms with E-state index in [4.69, 9.17) is 9.84 Å². The molecule has 1 aliphatic rings. The number of nitrogens with zero attached hydrogens (tertiary/aromatic N) is 2. The van der Waals surface area contributed by atoms with Crippen LogP contribution in [0.1, 0.15) is 5.56 Å². The van der Waals surface area contributed by atoms with E-state index < -0.39 is 0 Å². The molecule has 0 radical (unpaired) electrons. The number of hydrogen-bond acceptors (Lipinski definition) is 5. The van der Waals surface area contributed by atoms with Gasteiger partial charge in [-0.3, -0.25) is 4.79 Å². The lowest BCUT2D eigenvalue weighted by Gasteiger charge is -2.30. The van der Waals surface area contributed by atoms with Crippen molar-refractivity contribution in [3.05, 3.63) is 23.8 Å². The Kier molecular flexibility index (Phi) is 4.24. The molecular formula is C14H18N2O4. The first-order valence-corrected chi connectivity index (χ1v) is 6.42. The van der Waals surface area contributed by atoms with Crippen LogP contribution >= 0.6 is 0 Å². The quantitative estimate of drug-likeness (QED) is 0.628. The molecule has 0 aliphatic carbocycles. The monoisotopic (exact) mass is 278 g/mol. The molecule has 0 atom stereocenters. The standard InChI is InChI=1S/C14H18N2O4/c1-10-3-4-12-11(7-10)16(9-14(19)20-12)8-13(18)15(2)5-6-17/h3-4,7,17H,5-6,8-9H2,1-2H3. The summed E-state index contributed by atoms with van der Waals surface area (Å²) >= 11 is 0. The average molecular weight is 278 g/mol. The summed E-state index contributed by atoms with van der Waals surface area (Å²) in [7, 11) is 1.62. The molecule has 6 heteroatoms. The molecule has 6 nitrogen and oxygen atoms in total. The fourth-order valence-electron chi connectivity index (χ4n) is 2.06. The lowest BCUT2D eigenvalue weighted by atomic mass is 10.1. The summed E-state index contributed by atoms with van der Waals surface area (Å²) in [4.78, 5) is 26.7. The molecule has 0 fully saturated rings. The van der Waals surface area contributed by atoms with E-state index in [-0.39, 0.29) is 38.1 Å². The second-order valence-corrected chi connectivity index (χ2v) is 4.84. The highest BCUT2D eigenvalue weighted by Crippen LogP contribution is 2.32. The first-order valence-electron chi connectivity index (χ1n) is 6.42. The first kappa shape index (κ1) is 14.3. The first-order chi connectivity index (χ1) is 9.51. The Balaban J connectivity index is 2.18. The largest absolute Gasteiger partial charge is 0.423 e. The average Bonchev–Trinajstić information content (AvgIpc) is 2.39. The molecule has 1 aromatic carbocycles. The highest BCUT2D eigenvalue weighted by Gasteiger charge is 2.26. The normalized spacial score (nSPS) is 13.8. The third kappa shape index (κ3) is 3.08. The summed E-state index contributed by atoms with van der Waals surface area (Å²) in [5, 5.41) is 8.85. The van der Waals surface area contributed by atoms with Gasteiger partial charge in [0.25, 0.3) is 0 Å². The molecule has 1 heterocycles. The molecule has 0 spiro atoms. The summed E-state index contributed by atoms with van der Waals surface area (Å²) in [6, 6.07) is 5.48. The van der Waals surface area contributed by atoms with Crippen LogP contribution in [0.4, 0.5) is 5.69 Å². The van der Waals surface area contributed by atoms with E-state index in [1.54, 1.807) is 18.0 Å². The van der Waals surface area contributed by atoms with Crippen molar-refractivity contribution in [3.8, 4) is 5.75 Å². The number of esters is 1. The number of aliphatic hydroxyl groups excluding tert-OH is 1. The Labute approximate surface area is 117 Å². The summed E-state index contributed by atoms with van der Waals surface area (Å²) in [5.41, 5.74) is 1.78. The minimum atomic E-state index is -0.376. The van der Waals surface area contributed by atoms with Crippen molar-refractivity contribution in [2.45, 2.75) is 6.92 Å². The van der Waals surface area contributed by atoms with Crippen LogP contribution < -0.4 is 9.64 Å². The second kappa shape index (κ2) is 5.92. The molecule has 1 amide bonds. The van der Waals surface area contributed by atoms with Crippen LogP contribution in [0.5, 0.6) is 5.75 Å². The van der Waals surface area contributed by atoms with Crippen molar-refractivity contribution in [3.63, 3.8) is 0 Å². The van der Waals surface area contributed by atoms with Crippen LogP contribution in [0, 0.1) is 6.92 Å². The zero-order valence-electron chi connectivity index (χ0n) is 11.6. The van der Waals surface area contributed by atoms with E-state index in [1.165, 1.54) is 4.90 Å². The van der Waals surface area contributed by atoms with Gasteiger partial charge in [-0.05, 0) is 24.6 Å².